The van der Waals surface area contributed by atoms with Crippen LogP contribution in [0.3, 0.4) is 0 Å². The minimum atomic E-state index is 0.418. The number of rotatable bonds is 3. The zero-order valence-electron chi connectivity index (χ0n) is 9.40. The number of aromatic nitrogens is 3. The smallest absolute Gasteiger partial charge is 0.181 e. The molecule has 90 valence electrons. The van der Waals surface area contributed by atoms with Crippen molar-refractivity contribution in [2.75, 3.05) is 12.8 Å². The van der Waals surface area contributed by atoms with Gasteiger partial charge in [-0.1, -0.05) is 0 Å². The van der Waals surface area contributed by atoms with E-state index < -0.39 is 0 Å². The van der Waals surface area contributed by atoms with Crippen molar-refractivity contribution in [1.29, 1.82) is 0 Å². The highest BCUT2D eigenvalue weighted by atomic mass is 127. The van der Waals surface area contributed by atoms with Gasteiger partial charge in [-0.2, -0.15) is 0 Å². The van der Waals surface area contributed by atoms with Gasteiger partial charge in [0.05, 0.1) is 20.9 Å². The average Bonchev–Trinajstić information content (AvgIpc) is 2.71. The minimum Gasteiger partial charge on any atom is -0.383 e. The van der Waals surface area contributed by atoms with Crippen LogP contribution in [0.5, 0.6) is 0 Å². The number of nitrogen functional groups attached to an aromatic ring is 1. The molecule has 5 nitrogen and oxygen atoms in total. The Morgan fingerprint density at radius 1 is 1.41 bits per heavy atom. The highest BCUT2D eigenvalue weighted by molar-refractivity contribution is 14.1. The van der Waals surface area contributed by atoms with Gasteiger partial charge in [0, 0.05) is 12.5 Å². The van der Waals surface area contributed by atoms with Crippen molar-refractivity contribution in [3.8, 4) is 11.5 Å². The Hall–Kier alpha value is -0.800. The van der Waals surface area contributed by atoms with Crippen LogP contribution in [0.2, 0.25) is 0 Å². The van der Waals surface area contributed by atoms with Gasteiger partial charge in [-0.25, -0.2) is 15.0 Å². The summed E-state index contributed by atoms with van der Waals surface area (Å²) in [4.78, 5) is 13.0. The molecule has 0 fully saturated rings. The number of halogens is 1. The molecule has 0 saturated carbocycles. The van der Waals surface area contributed by atoms with E-state index in [2.05, 4.69) is 37.5 Å². The van der Waals surface area contributed by atoms with E-state index in [1.807, 2.05) is 12.3 Å². The van der Waals surface area contributed by atoms with E-state index in [1.165, 1.54) is 0 Å². The van der Waals surface area contributed by atoms with Gasteiger partial charge in [0.25, 0.3) is 0 Å². The number of hydrogen-bond donors (Lipinski definition) is 1. The third-order valence-corrected chi connectivity index (χ3v) is 4.02. The van der Waals surface area contributed by atoms with Crippen LogP contribution in [0.4, 0.5) is 5.82 Å². The highest BCUT2D eigenvalue weighted by Gasteiger charge is 2.13. The monoisotopic (exact) mass is 362 g/mol. The second kappa shape index (κ2) is 5.23. The third kappa shape index (κ3) is 2.72. The predicted molar refractivity (Wildman–Crippen MR) is 75.7 cm³/mol. The predicted octanol–water partition coefficient (Wildman–Crippen LogP) is 2.24. The summed E-state index contributed by atoms with van der Waals surface area (Å²) in [7, 11) is 1.63. The first-order valence-corrected chi connectivity index (χ1v) is 6.81. The van der Waals surface area contributed by atoms with Gasteiger partial charge >= 0.3 is 0 Å². The maximum absolute atomic E-state index is 5.86. The summed E-state index contributed by atoms with van der Waals surface area (Å²) in [6.07, 6.45) is 0. The van der Waals surface area contributed by atoms with Crippen LogP contribution < -0.4 is 5.73 Å². The normalized spacial score (nSPS) is 10.8. The Labute approximate surface area is 117 Å². The maximum Gasteiger partial charge on any atom is 0.181 e. The number of nitrogens with zero attached hydrogens (tertiary/aromatic N) is 3. The zero-order chi connectivity index (χ0) is 12.4. The zero-order valence-corrected chi connectivity index (χ0v) is 12.4. The first-order chi connectivity index (χ1) is 8.11. The molecule has 0 aliphatic carbocycles. The van der Waals surface area contributed by atoms with Crippen LogP contribution in [0.15, 0.2) is 5.38 Å². The molecule has 2 heterocycles. The molecule has 0 radical (unpaired) electrons. The Morgan fingerprint density at radius 3 is 2.76 bits per heavy atom. The van der Waals surface area contributed by atoms with Gasteiger partial charge in [0.15, 0.2) is 5.82 Å². The van der Waals surface area contributed by atoms with Crippen LogP contribution in [-0.4, -0.2) is 22.1 Å². The lowest BCUT2D eigenvalue weighted by Gasteiger charge is -2.06. The molecule has 2 N–H and O–H groups in total. The second-order valence-electron chi connectivity index (χ2n) is 3.38. The first kappa shape index (κ1) is 12.7. The lowest BCUT2D eigenvalue weighted by Crippen LogP contribution is -2.06. The van der Waals surface area contributed by atoms with Crippen LogP contribution in [-0.2, 0) is 11.3 Å². The number of anilines is 1. The molecule has 2 aromatic heterocycles. The fourth-order valence-corrected chi connectivity index (χ4v) is 2.31. The van der Waals surface area contributed by atoms with Crippen LogP contribution >= 0.6 is 33.9 Å². The quantitative estimate of drug-likeness (QED) is 0.848. The lowest BCUT2D eigenvalue weighted by atomic mass is 10.3. The van der Waals surface area contributed by atoms with Gasteiger partial charge in [0.1, 0.15) is 11.5 Å². The fraction of sp³-hybridized carbons (Fsp3) is 0.300. The lowest BCUT2D eigenvalue weighted by molar-refractivity contribution is 0.181. The molecule has 0 atom stereocenters. The van der Waals surface area contributed by atoms with E-state index in [-0.39, 0.29) is 0 Å². The number of nitrogens with two attached hydrogens (primary N) is 1. The summed E-state index contributed by atoms with van der Waals surface area (Å²) < 4.78 is 5.92. The molecule has 0 spiro atoms. The molecule has 0 amide bonds. The third-order valence-electron chi connectivity index (χ3n) is 2.07. The summed E-state index contributed by atoms with van der Waals surface area (Å²) in [6, 6.07) is 0. The Kier molecular flexibility index (Phi) is 3.89. The van der Waals surface area contributed by atoms with E-state index in [1.54, 1.807) is 18.4 Å². The maximum atomic E-state index is 5.86. The standard InChI is InChI=1S/C10H11IN4OS/c1-5-13-7(4-17-5)10-14-6(3-16-2)8(11)9(12)15-10/h4H,3H2,1-2H3,(H2,12,14,15). The number of hydrogen-bond acceptors (Lipinski definition) is 6. The number of ether oxygens (including phenoxy) is 1. The van der Waals surface area contributed by atoms with E-state index in [0.29, 0.717) is 18.2 Å². The summed E-state index contributed by atoms with van der Waals surface area (Å²) in [5.74, 6) is 1.02. The van der Waals surface area contributed by atoms with Crippen molar-refractivity contribution in [2.24, 2.45) is 0 Å². The van der Waals surface area contributed by atoms with Crippen molar-refractivity contribution >= 4 is 39.7 Å². The summed E-state index contributed by atoms with van der Waals surface area (Å²) >= 11 is 3.69. The van der Waals surface area contributed by atoms with E-state index in [0.717, 1.165) is 20.0 Å². The van der Waals surface area contributed by atoms with Crippen LogP contribution in [0.1, 0.15) is 10.7 Å². The molecule has 0 aromatic carbocycles. The number of aryl methyl sites for hydroxylation is 1. The molecule has 17 heavy (non-hydrogen) atoms. The Bertz CT molecular complexity index is 543. The van der Waals surface area contributed by atoms with Crippen molar-refractivity contribution in [2.45, 2.75) is 13.5 Å². The van der Waals surface area contributed by atoms with Gasteiger partial charge < -0.3 is 10.5 Å². The fourth-order valence-electron chi connectivity index (χ4n) is 1.33. The Morgan fingerprint density at radius 2 is 2.18 bits per heavy atom. The molecule has 0 aliphatic heterocycles. The minimum absolute atomic E-state index is 0.418. The molecule has 0 saturated heterocycles. The molecule has 0 unspecified atom stereocenters. The van der Waals surface area contributed by atoms with Gasteiger partial charge in [-0.05, 0) is 29.5 Å². The molecule has 0 bridgehead atoms. The van der Waals surface area contributed by atoms with Crippen molar-refractivity contribution in [1.82, 2.24) is 15.0 Å². The number of methoxy groups -OCH3 is 1. The largest absolute Gasteiger partial charge is 0.383 e. The Balaban J connectivity index is 2.48. The van der Waals surface area contributed by atoms with E-state index in [4.69, 9.17) is 10.5 Å². The molecule has 2 rings (SSSR count). The SMILES string of the molecule is COCc1nc(-c2csc(C)n2)nc(N)c1I. The molecule has 0 aliphatic rings. The van der Waals surface area contributed by atoms with E-state index >= 15 is 0 Å². The molecular formula is C10H11IN4OS. The van der Waals surface area contributed by atoms with Crippen molar-refractivity contribution in [3.63, 3.8) is 0 Å². The highest BCUT2D eigenvalue weighted by Crippen LogP contribution is 2.23. The van der Waals surface area contributed by atoms with E-state index in [9.17, 15) is 0 Å². The van der Waals surface area contributed by atoms with Crippen LogP contribution in [0, 0.1) is 10.5 Å². The number of thiazole rings is 1. The van der Waals surface area contributed by atoms with Gasteiger partial charge in [0.2, 0.25) is 0 Å². The average molecular weight is 362 g/mol. The van der Waals surface area contributed by atoms with Gasteiger partial charge in [-0.15, -0.1) is 11.3 Å². The van der Waals surface area contributed by atoms with Gasteiger partial charge in [-0.3, -0.25) is 0 Å². The molecule has 2 aromatic rings. The van der Waals surface area contributed by atoms with Crippen LogP contribution in [0.25, 0.3) is 11.5 Å². The summed E-state index contributed by atoms with van der Waals surface area (Å²) in [5, 5.41) is 2.90. The summed E-state index contributed by atoms with van der Waals surface area (Å²) in [6.45, 7) is 2.36. The molecular weight excluding hydrogens is 351 g/mol. The van der Waals surface area contributed by atoms with Crippen molar-refractivity contribution < 1.29 is 4.74 Å². The van der Waals surface area contributed by atoms with Crippen molar-refractivity contribution in [3.05, 3.63) is 19.7 Å². The topological polar surface area (TPSA) is 73.9 Å². The summed E-state index contributed by atoms with van der Waals surface area (Å²) in [5.41, 5.74) is 7.41. The molecule has 7 heteroatoms. The second-order valence-corrected chi connectivity index (χ2v) is 5.52. The first-order valence-electron chi connectivity index (χ1n) is 4.85.